The monoisotopic (exact) mass is 367 g/mol. The number of benzene rings is 2. The quantitative estimate of drug-likeness (QED) is 0.671. The second-order valence-corrected chi connectivity index (χ2v) is 6.74. The fourth-order valence-corrected chi connectivity index (χ4v) is 2.68. The molecule has 0 saturated heterocycles. The maximum atomic E-state index is 12.2. The molecule has 3 N–H and O–H groups in total. The molecule has 6 nitrogen and oxygen atoms in total. The van der Waals surface area contributed by atoms with Crippen molar-refractivity contribution in [2.45, 2.75) is 25.9 Å². The fourth-order valence-electron chi connectivity index (χ4n) is 2.68. The van der Waals surface area contributed by atoms with Crippen molar-refractivity contribution in [2.24, 2.45) is 5.92 Å². The lowest BCUT2D eigenvalue weighted by molar-refractivity contribution is 0.0951. The van der Waals surface area contributed by atoms with Crippen molar-refractivity contribution in [3.05, 3.63) is 65.2 Å². The minimum absolute atomic E-state index is 0.138. The van der Waals surface area contributed by atoms with Gasteiger partial charge in [0.25, 0.3) is 5.91 Å². The Kier molecular flexibility index (Phi) is 6.30. The number of methoxy groups -OCH3 is 1. The fraction of sp³-hybridized carbons (Fsp3) is 0.333. The molecular weight excluding hydrogens is 342 g/mol. The highest BCUT2D eigenvalue weighted by Gasteiger charge is 2.21. The molecule has 0 unspecified atom stereocenters. The van der Waals surface area contributed by atoms with E-state index >= 15 is 0 Å². The maximum absolute atomic E-state index is 12.2. The molecule has 1 saturated carbocycles. The summed E-state index contributed by atoms with van der Waals surface area (Å²) >= 11 is 0. The third kappa shape index (κ3) is 6.02. The van der Waals surface area contributed by atoms with Gasteiger partial charge in [-0.05, 0) is 54.2 Å². The molecule has 0 radical (unpaired) electrons. The number of ether oxygens (including phenoxy) is 1. The highest BCUT2D eigenvalue weighted by Crippen LogP contribution is 2.27. The van der Waals surface area contributed by atoms with E-state index in [-0.39, 0.29) is 11.9 Å². The topological polar surface area (TPSA) is 79.5 Å². The number of nitrogens with one attached hydrogen (secondary N) is 3. The summed E-state index contributed by atoms with van der Waals surface area (Å²) in [6.07, 6.45) is 2.43. The largest absolute Gasteiger partial charge is 0.497 e. The summed E-state index contributed by atoms with van der Waals surface area (Å²) in [6.45, 7) is 1.63. The first kappa shape index (κ1) is 18.8. The summed E-state index contributed by atoms with van der Waals surface area (Å²) in [4.78, 5) is 24.0. The zero-order chi connectivity index (χ0) is 19.1. The van der Waals surface area contributed by atoms with Gasteiger partial charge in [-0.3, -0.25) is 4.79 Å². The molecule has 0 bridgehead atoms. The lowest BCUT2D eigenvalue weighted by atomic mass is 10.1. The van der Waals surface area contributed by atoms with E-state index < -0.39 is 0 Å². The maximum Gasteiger partial charge on any atom is 0.315 e. The molecule has 6 heteroatoms. The number of hydrogen-bond donors (Lipinski definition) is 3. The predicted octanol–water partition coefficient (Wildman–Crippen LogP) is 2.83. The molecule has 3 rings (SSSR count). The first-order valence-corrected chi connectivity index (χ1v) is 9.16. The van der Waals surface area contributed by atoms with Crippen LogP contribution in [-0.4, -0.2) is 25.6 Å². The summed E-state index contributed by atoms with van der Waals surface area (Å²) in [5.41, 5.74) is 2.56. The Hall–Kier alpha value is -3.02. The highest BCUT2D eigenvalue weighted by molar-refractivity contribution is 5.94. The van der Waals surface area contributed by atoms with Gasteiger partial charge in [0.2, 0.25) is 0 Å². The van der Waals surface area contributed by atoms with E-state index in [4.69, 9.17) is 4.74 Å². The summed E-state index contributed by atoms with van der Waals surface area (Å²) < 4.78 is 5.09. The van der Waals surface area contributed by atoms with Gasteiger partial charge in [-0.25, -0.2) is 4.79 Å². The molecule has 1 aliphatic carbocycles. The predicted molar refractivity (Wildman–Crippen MR) is 104 cm³/mol. The van der Waals surface area contributed by atoms with E-state index in [0.717, 1.165) is 17.7 Å². The van der Waals surface area contributed by atoms with Crippen molar-refractivity contribution in [1.29, 1.82) is 0 Å². The third-order valence-corrected chi connectivity index (χ3v) is 4.50. The van der Waals surface area contributed by atoms with E-state index in [9.17, 15) is 9.59 Å². The molecule has 0 heterocycles. The van der Waals surface area contributed by atoms with Crippen molar-refractivity contribution in [2.75, 3.05) is 13.7 Å². The van der Waals surface area contributed by atoms with Crippen LogP contribution in [0.2, 0.25) is 0 Å². The average Bonchev–Trinajstić information content (AvgIpc) is 3.54. The smallest absolute Gasteiger partial charge is 0.315 e. The van der Waals surface area contributed by atoms with Crippen LogP contribution in [0.4, 0.5) is 4.79 Å². The first-order chi connectivity index (χ1) is 13.1. The number of carbonyl (C=O) groups is 2. The Morgan fingerprint density at radius 1 is 0.963 bits per heavy atom. The Bertz CT molecular complexity index is 786. The lowest BCUT2D eigenvalue weighted by Gasteiger charge is -2.10. The lowest BCUT2D eigenvalue weighted by Crippen LogP contribution is -2.36. The summed E-state index contributed by atoms with van der Waals surface area (Å²) in [6, 6.07) is 14.7. The van der Waals surface area contributed by atoms with Crippen molar-refractivity contribution >= 4 is 11.9 Å². The van der Waals surface area contributed by atoms with Gasteiger partial charge in [0.1, 0.15) is 5.75 Å². The Labute approximate surface area is 159 Å². The normalized spacial score (nSPS) is 12.9. The van der Waals surface area contributed by atoms with Crippen molar-refractivity contribution in [3.8, 4) is 5.75 Å². The third-order valence-electron chi connectivity index (χ3n) is 4.50. The standard InChI is InChI=1S/C21H25N3O3/c1-27-19-9-7-18(8-10-19)20(25)22-13-16-3-2-4-17(11-16)14-24-21(26)23-12-15-5-6-15/h2-4,7-11,15H,5-6,12-14H2,1H3,(H,22,25)(H2,23,24,26). The molecular formula is C21H25N3O3. The van der Waals surface area contributed by atoms with Gasteiger partial charge in [-0.15, -0.1) is 0 Å². The minimum atomic E-state index is -0.139. The van der Waals surface area contributed by atoms with E-state index in [1.165, 1.54) is 12.8 Å². The highest BCUT2D eigenvalue weighted by atomic mass is 16.5. The zero-order valence-corrected chi connectivity index (χ0v) is 15.5. The van der Waals surface area contributed by atoms with Crippen LogP contribution in [0.1, 0.15) is 34.3 Å². The van der Waals surface area contributed by atoms with Gasteiger partial charge in [0.05, 0.1) is 7.11 Å². The van der Waals surface area contributed by atoms with Crippen LogP contribution >= 0.6 is 0 Å². The molecule has 2 aromatic carbocycles. The number of urea groups is 1. The molecule has 0 atom stereocenters. The number of rotatable bonds is 8. The van der Waals surface area contributed by atoms with Gasteiger partial charge in [0.15, 0.2) is 0 Å². The van der Waals surface area contributed by atoms with Gasteiger partial charge >= 0.3 is 6.03 Å². The molecule has 0 spiro atoms. The van der Waals surface area contributed by atoms with E-state index in [1.54, 1.807) is 31.4 Å². The van der Waals surface area contributed by atoms with Gasteiger partial charge in [0, 0.05) is 25.2 Å². The van der Waals surface area contributed by atoms with Crippen LogP contribution in [0.3, 0.4) is 0 Å². The van der Waals surface area contributed by atoms with Crippen LogP contribution in [0.15, 0.2) is 48.5 Å². The van der Waals surface area contributed by atoms with Crippen LogP contribution in [0, 0.1) is 5.92 Å². The van der Waals surface area contributed by atoms with Gasteiger partial charge in [-0.1, -0.05) is 24.3 Å². The summed E-state index contributed by atoms with van der Waals surface area (Å²) in [5.74, 6) is 1.24. The van der Waals surface area contributed by atoms with Crippen LogP contribution in [-0.2, 0) is 13.1 Å². The molecule has 142 valence electrons. The number of hydrogen-bond acceptors (Lipinski definition) is 3. The van der Waals surface area contributed by atoms with Crippen LogP contribution < -0.4 is 20.7 Å². The Morgan fingerprint density at radius 3 is 2.26 bits per heavy atom. The number of carbonyl (C=O) groups excluding carboxylic acids is 2. The second-order valence-electron chi connectivity index (χ2n) is 6.74. The summed E-state index contributed by atoms with van der Waals surface area (Å²) in [7, 11) is 1.59. The number of amides is 3. The average molecular weight is 367 g/mol. The second kappa shape index (κ2) is 9.07. The zero-order valence-electron chi connectivity index (χ0n) is 15.5. The van der Waals surface area contributed by atoms with Crippen molar-refractivity contribution in [3.63, 3.8) is 0 Å². The van der Waals surface area contributed by atoms with Crippen LogP contribution in [0.25, 0.3) is 0 Å². The molecule has 2 aromatic rings. The summed E-state index contributed by atoms with van der Waals surface area (Å²) in [5, 5.41) is 8.65. The van der Waals surface area contributed by atoms with E-state index in [0.29, 0.717) is 30.3 Å². The van der Waals surface area contributed by atoms with Crippen molar-refractivity contribution < 1.29 is 14.3 Å². The van der Waals surface area contributed by atoms with Gasteiger partial charge < -0.3 is 20.7 Å². The molecule has 0 aliphatic heterocycles. The SMILES string of the molecule is COc1ccc(C(=O)NCc2cccc(CNC(=O)NCC3CC3)c2)cc1. The molecule has 1 aliphatic rings. The Balaban J connectivity index is 1.46. The molecule has 27 heavy (non-hydrogen) atoms. The van der Waals surface area contributed by atoms with Crippen molar-refractivity contribution in [1.82, 2.24) is 16.0 Å². The van der Waals surface area contributed by atoms with Gasteiger partial charge in [-0.2, -0.15) is 0 Å². The molecule has 3 amide bonds. The molecule has 1 fully saturated rings. The molecule has 0 aromatic heterocycles. The Morgan fingerprint density at radius 2 is 1.63 bits per heavy atom. The van der Waals surface area contributed by atoms with E-state index in [1.807, 2.05) is 24.3 Å². The minimum Gasteiger partial charge on any atom is -0.497 e. The van der Waals surface area contributed by atoms with Crippen LogP contribution in [0.5, 0.6) is 5.75 Å². The first-order valence-electron chi connectivity index (χ1n) is 9.16. The van der Waals surface area contributed by atoms with E-state index in [2.05, 4.69) is 16.0 Å².